The summed E-state index contributed by atoms with van der Waals surface area (Å²) in [4.78, 5) is 16.8. The number of aliphatic carboxylic acids is 1. The Labute approximate surface area is 93.2 Å². The van der Waals surface area contributed by atoms with Gasteiger partial charge in [-0.3, -0.25) is 9.69 Å². The molecule has 1 fully saturated rings. The first-order valence-electron chi connectivity index (χ1n) is 5.34. The third-order valence-corrected chi connectivity index (χ3v) is 2.67. The molecule has 1 aromatic heterocycles. The highest BCUT2D eigenvalue weighted by atomic mass is 16.5. The lowest BCUT2D eigenvalue weighted by Gasteiger charge is -2.35. The second-order valence-corrected chi connectivity index (χ2v) is 4.43. The zero-order valence-electron chi connectivity index (χ0n) is 9.38. The zero-order valence-corrected chi connectivity index (χ0v) is 9.38. The molecule has 0 unspecified atom stereocenters. The number of carboxylic acids is 1. The van der Waals surface area contributed by atoms with Crippen LogP contribution >= 0.6 is 0 Å². The molecule has 1 aromatic rings. The zero-order chi connectivity index (χ0) is 11.7. The maximum absolute atomic E-state index is 10.6. The molecule has 6 nitrogen and oxygen atoms in total. The van der Waals surface area contributed by atoms with E-state index < -0.39 is 5.97 Å². The van der Waals surface area contributed by atoms with Crippen LogP contribution < -0.4 is 0 Å². The molecule has 2 heterocycles. The lowest BCUT2D eigenvalue weighted by Crippen LogP contribution is -2.49. The van der Waals surface area contributed by atoms with Crippen LogP contribution in [0.15, 0.2) is 4.52 Å². The van der Waals surface area contributed by atoms with Gasteiger partial charge in [0.1, 0.15) is 0 Å². The lowest BCUT2D eigenvalue weighted by molar-refractivity contribution is -0.147. The fourth-order valence-electron chi connectivity index (χ4n) is 1.61. The van der Waals surface area contributed by atoms with Crippen molar-refractivity contribution < 1.29 is 14.4 Å². The normalized spacial score (nSPS) is 17.7. The van der Waals surface area contributed by atoms with Gasteiger partial charge in [0.15, 0.2) is 5.82 Å². The Morgan fingerprint density at radius 3 is 2.81 bits per heavy atom. The molecule has 0 spiro atoms. The summed E-state index contributed by atoms with van der Waals surface area (Å²) >= 11 is 0. The fraction of sp³-hybridized carbons (Fsp3) is 0.700. The molecule has 0 atom stereocenters. The third-order valence-electron chi connectivity index (χ3n) is 2.67. The summed E-state index contributed by atoms with van der Waals surface area (Å²) in [6, 6.07) is 0. The molecule has 1 saturated heterocycles. The van der Waals surface area contributed by atoms with E-state index in [1.54, 1.807) is 0 Å². The quantitative estimate of drug-likeness (QED) is 0.812. The Kier molecular flexibility index (Phi) is 2.91. The predicted molar refractivity (Wildman–Crippen MR) is 54.8 cm³/mol. The summed E-state index contributed by atoms with van der Waals surface area (Å²) in [6.45, 7) is 5.67. The van der Waals surface area contributed by atoms with Crippen molar-refractivity contribution in [3.63, 3.8) is 0 Å². The Morgan fingerprint density at radius 2 is 2.31 bits per heavy atom. The second-order valence-electron chi connectivity index (χ2n) is 4.43. The average Bonchev–Trinajstić information content (AvgIpc) is 2.58. The van der Waals surface area contributed by atoms with E-state index in [0.29, 0.717) is 31.3 Å². The maximum atomic E-state index is 10.6. The molecular formula is C10H15N3O3. The van der Waals surface area contributed by atoms with E-state index in [9.17, 15) is 4.79 Å². The molecule has 0 amide bonds. The van der Waals surface area contributed by atoms with Gasteiger partial charge < -0.3 is 9.63 Å². The number of carbonyl (C=O) groups is 1. The first kappa shape index (κ1) is 11.1. The number of hydrogen-bond acceptors (Lipinski definition) is 5. The van der Waals surface area contributed by atoms with E-state index in [1.807, 2.05) is 18.7 Å². The molecule has 2 rings (SSSR count). The molecule has 88 valence electrons. The van der Waals surface area contributed by atoms with Crippen molar-refractivity contribution in [2.24, 2.45) is 5.92 Å². The molecule has 6 heteroatoms. The van der Waals surface area contributed by atoms with E-state index in [-0.39, 0.29) is 11.8 Å². The molecule has 16 heavy (non-hydrogen) atoms. The molecule has 1 aliphatic heterocycles. The van der Waals surface area contributed by atoms with E-state index in [0.717, 1.165) is 0 Å². The third kappa shape index (κ3) is 2.21. The van der Waals surface area contributed by atoms with Gasteiger partial charge in [0.05, 0.1) is 12.5 Å². The first-order valence-corrected chi connectivity index (χ1v) is 5.34. The molecule has 0 aromatic carbocycles. The highest BCUT2D eigenvalue weighted by Crippen LogP contribution is 2.18. The van der Waals surface area contributed by atoms with Crippen LogP contribution in [-0.4, -0.2) is 39.2 Å². The van der Waals surface area contributed by atoms with Gasteiger partial charge in [-0.25, -0.2) is 0 Å². The average molecular weight is 225 g/mol. The van der Waals surface area contributed by atoms with Crippen LogP contribution in [0.5, 0.6) is 0 Å². The molecular weight excluding hydrogens is 210 g/mol. The molecule has 0 saturated carbocycles. The number of rotatable bonds is 4. The smallest absolute Gasteiger partial charge is 0.309 e. The summed E-state index contributed by atoms with van der Waals surface area (Å²) in [5, 5.41) is 12.6. The summed E-state index contributed by atoms with van der Waals surface area (Å²) in [6.07, 6.45) is 0. The molecule has 1 aliphatic rings. The summed E-state index contributed by atoms with van der Waals surface area (Å²) in [5.74, 6) is 0.538. The van der Waals surface area contributed by atoms with Crippen molar-refractivity contribution >= 4 is 5.97 Å². The minimum absolute atomic E-state index is 0.243. The Bertz CT molecular complexity index is 382. The minimum Gasteiger partial charge on any atom is -0.481 e. The van der Waals surface area contributed by atoms with Crippen molar-refractivity contribution in [2.75, 3.05) is 13.1 Å². The Balaban J connectivity index is 1.84. The largest absolute Gasteiger partial charge is 0.481 e. The van der Waals surface area contributed by atoms with E-state index in [4.69, 9.17) is 9.63 Å². The van der Waals surface area contributed by atoms with E-state index >= 15 is 0 Å². The van der Waals surface area contributed by atoms with Crippen molar-refractivity contribution in [2.45, 2.75) is 26.3 Å². The van der Waals surface area contributed by atoms with Gasteiger partial charge in [-0.05, 0) is 0 Å². The SMILES string of the molecule is CC(C)c1noc(CN2CC(C(=O)O)C2)n1. The van der Waals surface area contributed by atoms with Crippen molar-refractivity contribution in [1.82, 2.24) is 15.0 Å². The number of nitrogens with zero attached hydrogens (tertiary/aromatic N) is 3. The predicted octanol–water partition coefficient (Wildman–Crippen LogP) is 0.709. The highest BCUT2D eigenvalue weighted by Gasteiger charge is 2.33. The van der Waals surface area contributed by atoms with Gasteiger partial charge in [0.2, 0.25) is 5.89 Å². The lowest BCUT2D eigenvalue weighted by atomic mass is 10.0. The second kappa shape index (κ2) is 4.21. The molecule has 0 bridgehead atoms. The first-order chi connectivity index (χ1) is 7.56. The van der Waals surface area contributed by atoms with Crippen LogP contribution in [0.4, 0.5) is 0 Å². The van der Waals surface area contributed by atoms with Gasteiger partial charge in [0.25, 0.3) is 0 Å². The Hall–Kier alpha value is -1.43. The standard InChI is InChI=1S/C10H15N3O3/c1-6(2)9-11-8(16-12-9)5-13-3-7(4-13)10(14)15/h6-7H,3-5H2,1-2H3,(H,14,15). The monoisotopic (exact) mass is 225 g/mol. The molecule has 0 radical (unpaired) electrons. The number of hydrogen-bond donors (Lipinski definition) is 1. The van der Waals surface area contributed by atoms with Crippen LogP contribution in [0, 0.1) is 5.92 Å². The van der Waals surface area contributed by atoms with Gasteiger partial charge in [-0.15, -0.1) is 0 Å². The Morgan fingerprint density at radius 1 is 1.62 bits per heavy atom. The number of likely N-dealkylation sites (tertiary alicyclic amines) is 1. The minimum atomic E-state index is -0.732. The van der Waals surface area contributed by atoms with Crippen LogP contribution in [0.1, 0.15) is 31.5 Å². The van der Waals surface area contributed by atoms with Crippen LogP contribution in [0.2, 0.25) is 0 Å². The van der Waals surface area contributed by atoms with Crippen molar-refractivity contribution in [3.8, 4) is 0 Å². The topological polar surface area (TPSA) is 79.5 Å². The summed E-state index contributed by atoms with van der Waals surface area (Å²) in [5.41, 5.74) is 0. The van der Waals surface area contributed by atoms with Crippen molar-refractivity contribution in [3.05, 3.63) is 11.7 Å². The van der Waals surface area contributed by atoms with Crippen LogP contribution in [0.25, 0.3) is 0 Å². The van der Waals surface area contributed by atoms with E-state index in [1.165, 1.54) is 0 Å². The van der Waals surface area contributed by atoms with Crippen molar-refractivity contribution in [1.29, 1.82) is 0 Å². The van der Waals surface area contributed by atoms with E-state index in [2.05, 4.69) is 10.1 Å². The fourth-order valence-corrected chi connectivity index (χ4v) is 1.61. The van der Waals surface area contributed by atoms with Crippen LogP contribution in [-0.2, 0) is 11.3 Å². The van der Waals surface area contributed by atoms with Gasteiger partial charge in [0, 0.05) is 19.0 Å². The summed E-state index contributed by atoms with van der Waals surface area (Å²) in [7, 11) is 0. The molecule has 1 N–H and O–H groups in total. The molecule has 0 aliphatic carbocycles. The number of carboxylic acid groups (broad SMARTS) is 1. The van der Waals surface area contributed by atoms with Gasteiger partial charge in [-0.2, -0.15) is 4.98 Å². The van der Waals surface area contributed by atoms with Crippen LogP contribution in [0.3, 0.4) is 0 Å². The van der Waals surface area contributed by atoms with Gasteiger partial charge in [-0.1, -0.05) is 19.0 Å². The van der Waals surface area contributed by atoms with Gasteiger partial charge >= 0.3 is 5.97 Å². The maximum Gasteiger partial charge on any atom is 0.309 e. The number of aromatic nitrogens is 2. The highest BCUT2D eigenvalue weighted by molar-refractivity contribution is 5.71. The summed E-state index contributed by atoms with van der Waals surface area (Å²) < 4.78 is 5.08.